The maximum atomic E-state index is 14.8. The number of alkyl halides is 2. The van der Waals surface area contributed by atoms with Crippen LogP contribution in [0.25, 0.3) is 0 Å². The molecule has 0 heterocycles. The fourth-order valence-electron chi connectivity index (χ4n) is 8.02. The van der Waals surface area contributed by atoms with Gasteiger partial charge in [0.2, 0.25) is 0 Å². The summed E-state index contributed by atoms with van der Waals surface area (Å²) in [6.07, 6.45) is 19.1. The molecule has 196 valence electrons. The second-order valence-corrected chi connectivity index (χ2v) is 12.2. The van der Waals surface area contributed by atoms with E-state index in [2.05, 4.69) is 12.7 Å². The number of rotatable bonds is 9. The van der Waals surface area contributed by atoms with Crippen LogP contribution in [-0.2, 0) is 9.47 Å². The van der Waals surface area contributed by atoms with Gasteiger partial charge in [-0.2, -0.15) is 8.78 Å². The molecule has 4 heteroatoms. The van der Waals surface area contributed by atoms with Gasteiger partial charge in [-0.05, 0) is 132 Å². The zero-order valence-corrected chi connectivity index (χ0v) is 21.7. The lowest BCUT2D eigenvalue weighted by atomic mass is 9.65. The zero-order chi connectivity index (χ0) is 24.0. The molecule has 4 saturated carbocycles. The fraction of sp³-hybridized carbons (Fsp3) is 0.933. The molecule has 4 rings (SSSR count). The van der Waals surface area contributed by atoms with E-state index < -0.39 is 12.0 Å². The normalized spacial score (nSPS) is 40.1. The molecule has 0 radical (unpaired) electrons. The smallest absolute Gasteiger partial charge is 0.358 e. The Morgan fingerprint density at radius 2 is 1.12 bits per heavy atom. The number of hydrogen-bond donors (Lipinski definition) is 0. The van der Waals surface area contributed by atoms with E-state index in [1.54, 1.807) is 7.11 Å². The van der Waals surface area contributed by atoms with Gasteiger partial charge in [0.1, 0.15) is 0 Å². The molecule has 0 spiro atoms. The van der Waals surface area contributed by atoms with Crippen LogP contribution in [0.4, 0.5) is 8.78 Å². The Kier molecular flexibility index (Phi) is 9.90. The molecule has 4 fully saturated rings. The molecule has 0 aromatic carbocycles. The summed E-state index contributed by atoms with van der Waals surface area (Å²) in [6, 6.07) is 0. The predicted molar refractivity (Wildman–Crippen MR) is 135 cm³/mol. The van der Waals surface area contributed by atoms with Gasteiger partial charge in [0.25, 0.3) is 0 Å². The summed E-state index contributed by atoms with van der Waals surface area (Å²) in [4.78, 5) is 0. The van der Waals surface area contributed by atoms with Crippen LogP contribution in [0.15, 0.2) is 12.7 Å². The molecule has 4 aliphatic carbocycles. The highest BCUT2D eigenvalue weighted by atomic mass is 19.3. The van der Waals surface area contributed by atoms with Crippen molar-refractivity contribution in [3.63, 3.8) is 0 Å². The topological polar surface area (TPSA) is 18.5 Å². The first-order chi connectivity index (χ1) is 16.5. The van der Waals surface area contributed by atoms with Crippen LogP contribution in [0.2, 0.25) is 0 Å². The van der Waals surface area contributed by atoms with Gasteiger partial charge in [0.15, 0.2) is 0 Å². The third-order valence-corrected chi connectivity index (χ3v) is 10.3. The first-order valence-corrected chi connectivity index (χ1v) is 14.7. The van der Waals surface area contributed by atoms with Gasteiger partial charge in [0.05, 0.1) is 18.1 Å². The number of hydrogen-bond acceptors (Lipinski definition) is 2. The van der Waals surface area contributed by atoms with Crippen molar-refractivity contribution in [2.24, 2.45) is 35.5 Å². The van der Waals surface area contributed by atoms with Gasteiger partial charge in [-0.1, -0.05) is 18.9 Å². The lowest BCUT2D eigenvalue weighted by Crippen LogP contribution is -2.40. The van der Waals surface area contributed by atoms with Crippen LogP contribution >= 0.6 is 0 Å². The molecular formula is C30H50F2O2. The van der Waals surface area contributed by atoms with Gasteiger partial charge in [-0.3, -0.25) is 0 Å². The summed E-state index contributed by atoms with van der Waals surface area (Å²) in [5.74, 6) is 3.78. The van der Waals surface area contributed by atoms with Gasteiger partial charge in [-0.25, -0.2) is 0 Å². The predicted octanol–water partition coefficient (Wildman–Crippen LogP) is 8.94. The van der Waals surface area contributed by atoms with Crippen molar-refractivity contribution in [2.45, 2.75) is 134 Å². The molecule has 34 heavy (non-hydrogen) atoms. The third-order valence-electron chi connectivity index (χ3n) is 10.3. The summed E-state index contributed by atoms with van der Waals surface area (Å²) in [7, 11) is 1.68. The van der Waals surface area contributed by atoms with Crippen LogP contribution in [0.1, 0.15) is 116 Å². The lowest BCUT2D eigenvalue weighted by molar-refractivity contribution is -0.303. The summed E-state index contributed by atoms with van der Waals surface area (Å²) in [5, 5.41) is 0. The summed E-state index contributed by atoms with van der Waals surface area (Å²) < 4.78 is 40.4. The molecule has 0 saturated heterocycles. The minimum absolute atomic E-state index is 0.148. The number of allylic oxidation sites excluding steroid dienone is 1. The largest absolute Gasteiger partial charge is 0.381 e. The van der Waals surface area contributed by atoms with E-state index in [-0.39, 0.29) is 12.2 Å². The Morgan fingerprint density at radius 3 is 1.59 bits per heavy atom. The second kappa shape index (κ2) is 12.7. The Bertz CT molecular complexity index is 591. The van der Waals surface area contributed by atoms with Crippen molar-refractivity contribution >= 4 is 0 Å². The van der Waals surface area contributed by atoms with Gasteiger partial charge in [0, 0.05) is 7.11 Å². The monoisotopic (exact) mass is 480 g/mol. The highest BCUT2D eigenvalue weighted by Gasteiger charge is 2.45. The van der Waals surface area contributed by atoms with E-state index in [0.29, 0.717) is 12.8 Å². The summed E-state index contributed by atoms with van der Waals surface area (Å²) in [6.45, 7) is 3.88. The Hall–Kier alpha value is -0.480. The number of methoxy groups -OCH3 is 1. The highest BCUT2D eigenvalue weighted by molar-refractivity contribution is 4.87. The number of ether oxygens (including phenoxy) is 2. The SMILES string of the molecule is C=CCCC1CCC(C2CCC(C3CCC(OC(F)(F)C4CCC(OC)CC4)CC3)CC2)CC1. The Balaban J connectivity index is 1.13. The third kappa shape index (κ3) is 7.05. The first-order valence-electron chi connectivity index (χ1n) is 14.7. The van der Waals surface area contributed by atoms with Crippen molar-refractivity contribution in [3.05, 3.63) is 12.7 Å². The van der Waals surface area contributed by atoms with Gasteiger partial charge >= 0.3 is 6.11 Å². The van der Waals surface area contributed by atoms with Crippen molar-refractivity contribution in [3.8, 4) is 0 Å². The van der Waals surface area contributed by atoms with Crippen LogP contribution in [0.3, 0.4) is 0 Å². The van der Waals surface area contributed by atoms with Crippen LogP contribution in [0, 0.1) is 35.5 Å². The van der Waals surface area contributed by atoms with E-state index in [9.17, 15) is 8.78 Å². The van der Waals surface area contributed by atoms with Crippen molar-refractivity contribution in [1.82, 2.24) is 0 Å². The molecule has 0 aliphatic heterocycles. The molecule has 0 aromatic heterocycles. The Morgan fingerprint density at radius 1 is 0.676 bits per heavy atom. The van der Waals surface area contributed by atoms with Gasteiger partial charge < -0.3 is 9.47 Å². The van der Waals surface area contributed by atoms with E-state index in [1.165, 1.54) is 64.2 Å². The first kappa shape index (κ1) is 26.6. The number of halogens is 2. The highest BCUT2D eigenvalue weighted by Crippen LogP contribution is 2.47. The maximum absolute atomic E-state index is 14.8. The average Bonchev–Trinajstić information content (AvgIpc) is 2.88. The maximum Gasteiger partial charge on any atom is 0.358 e. The molecule has 0 unspecified atom stereocenters. The van der Waals surface area contributed by atoms with E-state index in [4.69, 9.17) is 9.47 Å². The van der Waals surface area contributed by atoms with Crippen LogP contribution in [0.5, 0.6) is 0 Å². The fourth-order valence-corrected chi connectivity index (χ4v) is 8.02. The van der Waals surface area contributed by atoms with E-state index >= 15 is 0 Å². The molecule has 2 nitrogen and oxygen atoms in total. The minimum Gasteiger partial charge on any atom is -0.381 e. The van der Waals surface area contributed by atoms with Crippen molar-refractivity contribution in [1.29, 1.82) is 0 Å². The van der Waals surface area contributed by atoms with Gasteiger partial charge in [-0.15, -0.1) is 6.58 Å². The van der Waals surface area contributed by atoms with Crippen molar-refractivity contribution in [2.75, 3.05) is 7.11 Å². The van der Waals surface area contributed by atoms with Crippen molar-refractivity contribution < 1.29 is 18.3 Å². The molecule has 0 N–H and O–H groups in total. The molecule has 0 atom stereocenters. The van der Waals surface area contributed by atoms with E-state index in [0.717, 1.165) is 68.1 Å². The summed E-state index contributed by atoms with van der Waals surface area (Å²) >= 11 is 0. The standard InChI is InChI=1S/C30H50F2O2/c1-3-4-5-22-6-8-23(9-7-22)24-10-12-25(13-11-24)26-14-18-29(19-15-26)34-30(31,32)27-16-20-28(33-2)21-17-27/h3,22-29H,1,4-21H2,2H3. The Labute approximate surface area is 207 Å². The quantitative estimate of drug-likeness (QED) is 0.307. The molecule has 0 amide bonds. The molecular weight excluding hydrogens is 430 g/mol. The van der Waals surface area contributed by atoms with Crippen LogP contribution < -0.4 is 0 Å². The molecule has 0 aromatic rings. The minimum atomic E-state index is -2.97. The van der Waals surface area contributed by atoms with Crippen LogP contribution in [-0.4, -0.2) is 25.4 Å². The summed E-state index contributed by atoms with van der Waals surface area (Å²) in [5.41, 5.74) is 0. The lowest BCUT2D eigenvalue weighted by Gasteiger charge is -2.42. The van der Waals surface area contributed by atoms with E-state index in [1.807, 2.05) is 0 Å². The molecule has 0 bridgehead atoms. The zero-order valence-electron chi connectivity index (χ0n) is 21.7. The molecule has 4 aliphatic rings. The second-order valence-electron chi connectivity index (χ2n) is 12.2. The average molecular weight is 481 g/mol.